The molecule has 1 amide bonds. The lowest BCUT2D eigenvalue weighted by atomic mass is 10.2. The Hall–Kier alpha value is -3.25. The number of nitrogens with one attached hydrogen (secondary N) is 2. The molecule has 206 valence electrons. The highest BCUT2D eigenvalue weighted by Crippen LogP contribution is 2.30. The number of carbonyl (C=O) groups excluding carboxylic acids is 1. The second-order valence-corrected chi connectivity index (χ2v) is 12.6. The van der Waals surface area contributed by atoms with Crippen molar-refractivity contribution in [2.24, 2.45) is 0 Å². The van der Waals surface area contributed by atoms with Gasteiger partial charge in [-0.1, -0.05) is 42.5 Å². The van der Waals surface area contributed by atoms with Gasteiger partial charge < -0.3 is 19.5 Å². The molecule has 0 radical (unpaired) electrons. The second-order valence-electron chi connectivity index (χ2n) is 9.37. The number of hydrogen-bond acceptors (Lipinski definition) is 7. The lowest BCUT2D eigenvalue weighted by molar-refractivity contribution is 0.0381. The van der Waals surface area contributed by atoms with Crippen molar-refractivity contribution in [3.8, 4) is 0 Å². The van der Waals surface area contributed by atoms with Crippen LogP contribution >= 0.6 is 11.8 Å². The van der Waals surface area contributed by atoms with Crippen molar-refractivity contribution < 1.29 is 22.4 Å². The molecule has 1 aliphatic heterocycles. The van der Waals surface area contributed by atoms with Crippen LogP contribution in [-0.4, -0.2) is 75.9 Å². The van der Waals surface area contributed by atoms with Crippen molar-refractivity contribution in [1.82, 2.24) is 15.2 Å². The van der Waals surface area contributed by atoms with Crippen LogP contribution in [0.1, 0.15) is 16.1 Å². The van der Waals surface area contributed by atoms with Crippen molar-refractivity contribution in [1.29, 1.82) is 0 Å². The SMILES string of the molecule is CN(c1cccc2cc(C(=O)NCC(CN3CCOCC3)SCc3ccccc3)[nH]c12)S(=O)(=O)c1ccco1. The summed E-state index contributed by atoms with van der Waals surface area (Å²) < 4.78 is 37.8. The van der Waals surface area contributed by atoms with Crippen molar-refractivity contribution in [2.75, 3.05) is 50.7 Å². The van der Waals surface area contributed by atoms with Crippen molar-refractivity contribution in [3.05, 3.63) is 84.3 Å². The monoisotopic (exact) mass is 568 g/mol. The maximum atomic E-state index is 13.2. The molecular formula is C28H32N4O5S2. The zero-order chi connectivity index (χ0) is 27.2. The molecule has 2 aromatic carbocycles. The Morgan fingerprint density at radius 1 is 1.10 bits per heavy atom. The van der Waals surface area contributed by atoms with Crippen LogP contribution in [0.15, 0.2) is 82.5 Å². The number of thioether (sulfide) groups is 1. The summed E-state index contributed by atoms with van der Waals surface area (Å²) in [6.45, 7) is 4.58. The predicted molar refractivity (Wildman–Crippen MR) is 154 cm³/mol. The molecule has 11 heteroatoms. The fourth-order valence-corrected chi connectivity index (χ4v) is 6.78. The quantitative estimate of drug-likeness (QED) is 0.282. The average Bonchev–Trinajstić information content (AvgIpc) is 3.66. The molecule has 1 unspecified atom stereocenters. The van der Waals surface area contributed by atoms with E-state index in [4.69, 9.17) is 9.15 Å². The molecule has 1 saturated heterocycles. The number of amides is 1. The Balaban J connectivity index is 1.29. The number of aromatic amines is 1. The summed E-state index contributed by atoms with van der Waals surface area (Å²) in [4.78, 5) is 18.7. The minimum absolute atomic E-state index is 0.147. The molecule has 1 atom stereocenters. The molecular weight excluding hydrogens is 536 g/mol. The number of H-pyrrole nitrogens is 1. The number of rotatable bonds is 11. The predicted octanol–water partition coefficient (Wildman–Crippen LogP) is 3.95. The number of anilines is 1. The normalized spacial score (nSPS) is 15.3. The van der Waals surface area contributed by atoms with Gasteiger partial charge >= 0.3 is 0 Å². The van der Waals surface area contributed by atoms with Gasteiger partial charge in [-0.05, 0) is 29.8 Å². The third kappa shape index (κ3) is 6.50. The van der Waals surface area contributed by atoms with Gasteiger partial charge in [-0.15, -0.1) is 0 Å². The van der Waals surface area contributed by atoms with E-state index in [1.54, 1.807) is 18.2 Å². The summed E-state index contributed by atoms with van der Waals surface area (Å²) in [6, 6.07) is 20.3. The third-order valence-electron chi connectivity index (χ3n) is 6.71. The van der Waals surface area contributed by atoms with Crippen LogP contribution in [-0.2, 0) is 20.5 Å². The van der Waals surface area contributed by atoms with Crippen LogP contribution in [0, 0.1) is 0 Å². The van der Waals surface area contributed by atoms with Gasteiger partial charge in [0.2, 0.25) is 5.09 Å². The van der Waals surface area contributed by atoms with E-state index in [-0.39, 0.29) is 16.2 Å². The standard InChI is InChI=1S/C28H32N4O5S2/c1-31(39(34,35)26-11-6-14-37-26)25-10-5-9-22-17-24(30-27(22)25)28(33)29-18-23(19-32-12-15-36-16-13-32)38-20-21-7-3-2-4-8-21/h2-11,14,17,23,30H,12-13,15-16,18-20H2,1H3,(H,29,33). The van der Waals surface area contributed by atoms with E-state index in [1.807, 2.05) is 36.0 Å². The summed E-state index contributed by atoms with van der Waals surface area (Å²) in [5, 5.41) is 3.87. The van der Waals surface area contributed by atoms with Gasteiger partial charge in [-0.25, -0.2) is 0 Å². The number of benzene rings is 2. The van der Waals surface area contributed by atoms with E-state index in [1.165, 1.54) is 31.0 Å². The summed E-state index contributed by atoms with van der Waals surface area (Å²) in [5.74, 6) is 0.624. The minimum Gasteiger partial charge on any atom is -0.451 e. The van der Waals surface area contributed by atoms with Crippen molar-refractivity contribution in [3.63, 3.8) is 0 Å². The van der Waals surface area contributed by atoms with Crippen LogP contribution in [0.2, 0.25) is 0 Å². The Labute approximate surface area is 232 Å². The highest BCUT2D eigenvalue weighted by atomic mass is 32.2. The Morgan fingerprint density at radius 2 is 1.90 bits per heavy atom. The number of aromatic nitrogens is 1. The first kappa shape index (κ1) is 27.3. The van der Waals surface area contributed by atoms with Gasteiger partial charge in [0.25, 0.3) is 15.9 Å². The van der Waals surface area contributed by atoms with Crippen molar-refractivity contribution >= 4 is 44.3 Å². The van der Waals surface area contributed by atoms with Gasteiger partial charge in [-0.2, -0.15) is 20.2 Å². The first-order valence-electron chi connectivity index (χ1n) is 12.8. The zero-order valence-electron chi connectivity index (χ0n) is 21.7. The number of ether oxygens (including phenoxy) is 1. The summed E-state index contributed by atoms with van der Waals surface area (Å²) in [6.07, 6.45) is 1.32. The number of para-hydroxylation sites is 1. The van der Waals surface area contributed by atoms with Crippen LogP contribution in [0.25, 0.3) is 10.9 Å². The average molecular weight is 569 g/mol. The maximum Gasteiger partial charge on any atom is 0.297 e. The summed E-state index contributed by atoms with van der Waals surface area (Å²) in [5.41, 5.74) is 2.60. The van der Waals surface area contributed by atoms with Gasteiger partial charge in [0.1, 0.15) is 5.69 Å². The van der Waals surface area contributed by atoms with Gasteiger partial charge in [0.05, 0.1) is 30.7 Å². The molecule has 2 aromatic heterocycles. The van der Waals surface area contributed by atoms with E-state index in [0.717, 1.165) is 48.3 Å². The van der Waals surface area contributed by atoms with Crippen molar-refractivity contribution in [2.45, 2.75) is 16.1 Å². The number of morpholine rings is 1. The molecule has 0 saturated carbocycles. The van der Waals surface area contributed by atoms with E-state index >= 15 is 0 Å². The molecule has 0 aliphatic carbocycles. The van der Waals surface area contributed by atoms with Gasteiger partial charge in [0, 0.05) is 49.6 Å². The highest BCUT2D eigenvalue weighted by Gasteiger charge is 2.26. The number of hydrogen-bond donors (Lipinski definition) is 2. The smallest absolute Gasteiger partial charge is 0.297 e. The molecule has 9 nitrogen and oxygen atoms in total. The van der Waals surface area contributed by atoms with E-state index < -0.39 is 10.0 Å². The van der Waals surface area contributed by atoms with Crippen LogP contribution in [0.5, 0.6) is 0 Å². The largest absolute Gasteiger partial charge is 0.451 e. The number of carbonyl (C=O) groups is 1. The Bertz CT molecular complexity index is 1480. The summed E-state index contributed by atoms with van der Waals surface area (Å²) >= 11 is 1.83. The topological polar surface area (TPSA) is 108 Å². The molecule has 0 bridgehead atoms. The number of furan rings is 1. The molecule has 2 N–H and O–H groups in total. The number of fused-ring (bicyclic) bond motifs is 1. The molecule has 5 rings (SSSR count). The Morgan fingerprint density at radius 3 is 2.64 bits per heavy atom. The zero-order valence-corrected chi connectivity index (χ0v) is 23.3. The fourth-order valence-electron chi connectivity index (χ4n) is 4.54. The summed E-state index contributed by atoms with van der Waals surface area (Å²) in [7, 11) is -2.42. The maximum absolute atomic E-state index is 13.2. The highest BCUT2D eigenvalue weighted by molar-refractivity contribution is 7.99. The fraction of sp³-hybridized carbons (Fsp3) is 0.321. The number of nitrogens with zero attached hydrogens (tertiary/aromatic N) is 2. The van der Waals surface area contributed by atoms with Crippen LogP contribution in [0.4, 0.5) is 5.69 Å². The molecule has 39 heavy (non-hydrogen) atoms. The molecule has 0 spiro atoms. The van der Waals surface area contributed by atoms with E-state index in [0.29, 0.717) is 23.4 Å². The van der Waals surface area contributed by atoms with Crippen LogP contribution in [0.3, 0.4) is 0 Å². The van der Waals surface area contributed by atoms with E-state index in [9.17, 15) is 13.2 Å². The minimum atomic E-state index is -3.89. The third-order valence-corrected chi connectivity index (χ3v) is 9.66. The number of sulfonamides is 1. The molecule has 1 fully saturated rings. The first-order chi connectivity index (χ1) is 18.9. The lowest BCUT2D eigenvalue weighted by Crippen LogP contribution is -2.43. The van der Waals surface area contributed by atoms with E-state index in [2.05, 4.69) is 27.3 Å². The Kier molecular flexibility index (Phi) is 8.61. The molecule has 4 aromatic rings. The molecule has 3 heterocycles. The lowest BCUT2D eigenvalue weighted by Gasteiger charge is -2.30. The van der Waals surface area contributed by atoms with Gasteiger partial charge in [0.15, 0.2) is 0 Å². The van der Waals surface area contributed by atoms with Gasteiger partial charge in [-0.3, -0.25) is 14.0 Å². The molecule has 1 aliphatic rings. The first-order valence-corrected chi connectivity index (χ1v) is 15.3. The van der Waals surface area contributed by atoms with Crippen LogP contribution < -0.4 is 9.62 Å². The second kappa shape index (κ2) is 12.3.